The number of thioether (sulfide) groups is 1. The van der Waals surface area contributed by atoms with Crippen molar-refractivity contribution in [1.29, 1.82) is 0 Å². The first-order chi connectivity index (χ1) is 15.0. The van der Waals surface area contributed by atoms with E-state index in [-0.39, 0.29) is 22.9 Å². The Bertz CT molecular complexity index is 988. The molecule has 2 N–H and O–H groups in total. The summed E-state index contributed by atoms with van der Waals surface area (Å²) in [6, 6.07) is 11.1. The van der Waals surface area contributed by atoms with E-state index in [2.05, 4.69) is 34.7 Å². The summed E-state index contributed by atoms with van der Waals surface area (Å²) in [5.74, 6) is 1.54. The van der Waals surface area contributed by atoms with Crippen molar-refractivity contribution in [1.82, 2.24) is 15.5 Å². The number of carbonyl (C=O) groups excluding carboxylic acids is 2. The summed E-state index contributed by atoms with van der Waals surface area (Å²) >= 11 is 4.33. The Morgan fingerprint density at radius 3 is 2.58 bits per heavy atom. The Hall–Kier alpha value is -2.43. The molecule has 0 bridgehead atoms. The van der Waals surface area contributed by atoms with Gasteiger partial charge >= 0.3 is 0 Å². The van der Waals surface area contributed by atoms with Crippen molar-refractivity contribution in [2.45, 2.75) is 25.6 Å². The standard InChI is InChI=1S/C21H24N4O3S3/c1-13(2)19(16-5-4-10-30-16)23-17(26)11-29-12-18-24-25-21(31-18)20(27)22-14-6-8-15(28-3)9-7-14/h4-10,13,19H,11-12H2,1-3H3,(H,22,27)(H,23,26). The molecule has 0 aliphatic rings. The van der Waals surface area contributed by atoms with Crippen molar-refractivity contribution in [3.63, 3.8) is 0 Å². The minimum Gasteiger partial charge on any atom is -0.497 e. The maximum Gasteiger partial charge on any atom is 0.286 e. The second-order valence-electron chi connectivity index (χ2n) is 6.98. The van der Waals surface area contributed by atoms with E-state index in [1.807, 2.05) is 17.5 Å². The van der Waals surface area contributed by atoms with Crippen LogP contribution in [0.2, 0.25) is 0 Å². The van der Waals surface area contributed by atoms with Gasteiger partial charge in [-0.15, -0.1) is 33.3 Å². The fraction of sp³-hybridized carbons (Fsp3) is 0.333. The first-order valence-corrected chi connectivity index (χ1v) is 12.5. The molecule has 7 nitrogen and oxygen atoms in total. The lowest BCUT2D eigenvalue weighted by Crippen LogP contribution is -2.32. The minimum atomic E-state index is -0.313. The van der Waals surface area contributed by atoms with Gasteiger partial charge in [0.2, 0.25) is 10.9 Å². The Morgan fingerprint density at radius 1 is 1.16 bits per heavy atom. The maximum absolute atomic E-state index is 12.4. The quantitative estimate of drug-likeness (QED) is 0.444. The molecule has 31 heavy (non-hydrogen) atoms. The molecular weight excluding hydrogens is 452 g/mol. The van der Waals surface area contributed by atoms with Crippen LogP contribution in [0, 0.1) is 5.92 Å². The summed E-state index contributed by atoms with van der Waals surface area (Å²) < 4.78 is 5.10. The lowest BCUT2D eigenvalue weighted by Gasteiger charge is -2.21. The van der Waals surface area contributed by atoms with Crippen molar-refractivity contribution >= 4 is 51.9 Å². The summed E-state index contributed by atoms with van der Waals surface area (Å²) in [4.78, 5) is 25.9. The number of nitrogens with one attached hydrogen (secondary N) is 2. The van der Waals surface area contributed by atoms with Crippen molar-refractivity contribution in [3.8, 4) is 5.75 Å². The summed E-state index contributed by atoms with van der Waals surface area (Å²) in [5.41, 5.74) is 0.652. The number of nitrogens with zero attached hydrogens (tertiary/aromatic N) is 2. The van der Waals surface area contributed by atoms with Crippen LogP contribution in [-0.2, 0) is 10.5 Å². The monoisotopic (exact) mass is 476 g/mol. The van der Waals surface area contributed by atoms with Gasteiger partial charge in [0.25, 0.3) is 5.91 Å². The zero-order chi connectivity index (χ0) is 22.2. The van der Waals surface area contributed by atoms with Gasteiger partial charge in [-0.3, -0.25) is 9.59 Å². The third-order valence-corrected chi connectivity index (χ3v) is 7.30. The number of hydrogen-bond donors (Lipinski definition) is 2. The summed E-state index contributed by atoms with van der Waals surface area (Å²) in [6.07, 6.45) is 0. The van der Waals surface area contributed by atoms with E-state index in [0.717, 1.165) is 4.88 Å². The summed E-state index contributed by atoms with van der Waals surface area (Å²) in [5, 5.41) is 16.9. The molecule has 3 rings (SSSR count). The van der Waals surface area contributed by atoms with Crippen LogP contribution < -0.4 is 15.4 Å². The second-order valence-corrected chi connectivity index (χ2v) is 10.0. The predicted octanol–water partition coefficient (Wildman–Crippen LogP) is 4.61. The molecule has 1 atom stereocenters. The number of carbonyl (C=O) groups is 2. The predicted molar refractivity (Wildman–Crippen MR) is 127 cm³/mol. The molecule has 2 heterocycles. The van der Waals surface area contributed by atoms with E-state index in [4.69, 9.17) is 4.74 Å². The zero-order valence-corrected chi connectivity index (χ0v) is 19.9. The Labute approximate surface area is 193 Å². The number of benzene rings is 1. The van der Waals surface area contributed by atoms with Gasteiger partial charge in [-0.2, -0.15) is 0 Å². The Balaban J connectivity index is 1.46. The SMILES string of the molecule is COc1ccc(NC(=O)c2nnc(CSCC(=O)NC(c3cccs3)C(C)C)s2)cc1. The van der Waals surface area contributed by atoms with Gasteiger partial charge in [0, 0.05) is 16.3 Å². The fourth-order valence-corrected chi connectivity index (χ4v) is 5.31. The molecule has 0 radical (unpaired) electrons. The smallest absolute Gasteiger partial charge is 0.286 e. The minimum absolute atomic E-state index is 0.0147. The molecule has 3 aromatic rings. The van der Waals surface area contributed by atoms with Crippen LogP contribution in [0.1, 0.15) is 39.6 Å². The molecular formula is C21H24N4O3S3. The van der Waals surface area contributed by atoms with Crippen LogP contribution in [0.5, 0.6) is 5.75 Å². The van der Waals surface area contributed by atoms with Crippen LogP contribution in [0.25, 0.3) is 0 Å². The average Bonchev–Trinajstić information content (AvgIpc) is 3.45. The van der Waals surface area contributed by atoms with Gasteiger partial charge in [0.15, 0.2) is 0 Å². The Kier molecular flexibility index (Phi) is 8.44. The fourth-order valence-electron chi connectivity index (χ4n) is 2.74. The highest BCUT2D eigenvalue weighted by atomic mass is 32.2. The van der Waals surface area contributed by atoms with E-state index < -0.39 is 0 Å². The van der Waals surface area contributed by atoms with Crippen molar-refractivity contribution in [2.75, 3.05) is 18.2 Å². The number of rotatable bonds is 10. The number of thiophene rings is 1. The van der Waals surface area contributed by atoms with Gasteiger partial charge in [-0.1, -0.05) is 31.3 Å². The van der Waals surface area contributed by atoms with Crippen LogP contribution in [0.4, 0.5) is 5.69 Å². The number of amides is 2. The normalized spacial score (nSPS) is 11.9. The number of methoxy groups -OCH3 is 1. The third-order valence-electron chi connectivity index (χ3n) is 4.30. The molecule has 10 heteroatoms. The van der Waals surface area contributed by atoms with Crippen LogP contribution in [0.3, 0.4) is 0 Å². The van der Waals surface area contributed by atoms with Crippen LogP contribution >= 0.6 is 34.4 Å². The summed E-state index contributed by atoms with van der Waals surface area (Å²) in [6.45, 7) is 4.19. The first kappa shape index (κ1) is 23.2. The summed E-state index contributed by atoms with van der Waals surface area (Å²) in [7, 11) is 1.59. The highest BCUT2D eigenvalue weighted by Crippen LogP contribution is 2.26. The molecule has 2 aromatic heterocycles. The topological polar surface area (TPSA) is 93.2 Å². The molecule has 164 valence electrons. The molecule has 1 unspecified atom stereocenters. The van der Waals surface area contributed by atoms with Crippen molar-refractivity contribution in [2.24, 2.45) is 5.92 Å². The third kappa shape index (κ3) is 6.78. The highest BCUT2D eigenvalue weighted by Gasteiger charge is 2.19. The molecule has 0 saturated heterocycles. The maximum atomic E-state index is 12.4. The average molecular weight is 477 g/mol. The number of hydrogen-bond acceptors (Lipinski definition) is 8. The molecule has 0 spiro atoms. The van der Waals surface area contributed by atoms with Gasteiger partial charge in [-0.05, 0) is 41.6 Å². The molecule has 2 amide bonds. The molecule has 0 saturated carbocycles. The van der Waals surface area contributed by atoms with E-state index >= 15 is 0 Å². The number of aromatic nitrogens is 2. The van der Waals surface area contributed by atoms with Crippen LogP contribution in [0.15, 0.2) is 41.8 Å². The molecule has 0 aliphatic carbocycles. The Morgan fingerprint density at radius 2 is 1.94 bits per heavy atom. The zero-order valence-electron chi connectivity index (χ0n) is 17.5. The van der Waals surface area contributed by atoms with E-state index in [0.29, 0.717) is 33.9 Å². The lowest BCUT2D eigenvalue weighted by atomic mass is 10.0. The van der Waals surface area contributed by atoms with Gasteiger partial charge in [0.05, 0.1) is 18.9 Å². The van der Waals surface area contributed by atoms with Gasteiger partial charge in [-0.25, -0.2) is 0 Å². The van der Waals surface area contributed by atoms with E-state index in [1.165, 1.54) is 23.1 Å². The highest BCUT2D eigenvalue weighted by molar-refractivity contribution is 7.99. The van der Waals surface area contributed by atoms with Crippen LogP contribution in [-0.4, -0.2) is 34.9 Å². The van der Waals surface area contributed by atoms with E-state index in [1.54, 1.807) is 42.7 Å². The number of ether oxygens (including phenoxy) is 1. The number of anilines is 1. The van der Waals surface area contributed by atoms with E-state index in [9.17, 15) is 9.59 Å². The molecule has 1 aromatic carbocycles. The molecule has 0 fully saturated rings. The second kappa shape index (κ2) is 11.3. The van der Waals surface area contributed by atoms with Crippen molar-refractivity contribution in [3.05, 3.63) is 56.7 Å². The molecule has 0 aliphatic heterocycles. The van der Waals surface area contributed by atoms with Gasteiger partial charge < -0.3 is 15.4 Å². The largest absolute Gasteiger partial charge is 0.497 e. The first-order valence-electron chi connectivity index (χ1n) is 9.64. The lowest BCUT2D eigenvalue weighted by molar-refractivity contribution is -0.119. The van der Waals surface area contributed by atoms with Gasteiger partial charge in [0.1, 0.15) is 10.8 Å². The van der Waals surface area contributed by atoms with Crippen molar-refractivity contribution < 1.29 is 14.3 Å².